The highest BCUT2D eigenvalue weighted by Gasteiger charge is 2.37. The Hall–Kier alpha value is -8.32. The van der Waals surface area contributed by atoms with Crippen molar-refractivity contribution in [2.24, 2.45) is 47.5 Å². The summed E-state index contributed by atoms with van der Waals surface area (Å²) >= 11 is 0. The van der Waals surface area contributed by atoms with Crippen LogP contribution in [0.1, 0.15) is 341 Å². The lowest BCUT2D eigenvalue weighted by atomic mass is 9.63. The number of rotatable bonds is 0. The van der Waals surface area contributed by atoms with E-state index in [4.69, 9.17) is 32.3 Å². The van der Waals surface area contributed by atoms with E-state index in [2.05, 4.69) is 379 Å². The van der Waals surface area contributed by atoms with Gasteiger partial charge in [0.1, 0.15) is 36.5 Å². The first-order chi connectivity index (χ1) is 62.9. The SMILES string of the molecule is CB1CCC(C(C)(C)C)O1.CB1CN=C(C(C)(C)C)O1.CB1Cc2ccc(C(C)(C)C)cc2O1.CB1OCc2cc(C(C)(C)C)ccc21.CB1OCc2ccc(C(C)(C)C)cc21.CC(C)(C)C1=C(O)CCC1=O.CC(C)(C)C1=CCOB1O.CC(C)(C)C1=NC=CC1.CC(C)(C)C1=NCC(=O)N1.CC(C)(C)N1CC=CN1.CC(C)(C)c1ncco1.CC(C)(C)c1ncn[nH]1.CC(C)(C)n1cccn1. The molecule has 3 aromatic carbocycles. The summed E-state index contributed by atoms with van der Waals surface area (Å²) in [6.07, 6.45) is 25.5. The van der Waals surface area contributed by atoms with Crippen molar-refractivity contribution in [1.82, 2.24) is 45.7 Å². The second-order valence-corrected chi connectivity index (χ2v) is 50.7. The maximum Gasteiger partial charge on any atom is 0.487 e. The minimum Gasteiger partial charge on any atom is -0.561 e. The van der Waals surface area contributed by atoms with Gasteiger partial charge in [0.15, 0.2) is 17.6 Å². The van der Waals surface area contributed by atoms with E-state index in [1.807, 2.05) is 83.8 Å². The van der Waals surface area contributed by atoms with Crippen LogP contribution in [0.4, 0.5) is 0 Å². The lowest BCUT2D eigenvalue weighted by molar-refractivity contribution is -0.118. The fraction of sp³-hybridized carbons (Fsp3) is 0.642. The molecule has 1 aliphatic carbocycles. The van der Waals surface area contributed by atoms with Gasteiger partial charge in [0, 0.05) is 107 Å². The molecule has 0 spiro atoms. The number of nitrogens with zero attached hydrogens (tertiary/aromatic N) is 9. The van der Waals surface area contributed by atoms with E-state index in [9.17, 15) is 19.7 Å². The number of aliphatic imine (C=N–C) groups is 3. The van der Waals surface area contributed by atoms with Gasteiger partial charge in [-0.2, -0.15) is 10.2 Å². The number of carbonyl (C=O) groups excluding carboxylic acids is 2. The largest absolute Gasteiger partial charge is 0.561 e. The number of hydrazine groups is 1. The van der Waals surface area contributed by atoms with Gasteiger partial charge in [-0.05, 0) is 169 Å². The van der Waals surface area contributed by atoms with E-state index in [1.54, 1.807) is 18.7 Å². The van der Waals surface area contributed by atoms with Gasteiger partial charge in [0.05, 0.1) is 37.2 Å². The van der Waals surface area contributed by atoms with Crippen LogP contribution in [0.3, 0.4) is 0 Å². The number of aliphatic hydroxyl groups excluding tert-OH is 1. The van der Waals surface area contributed by atoms with Crippen molar-refractivity contribution in [2.75, 3.05) is 26.1 Å². The van der Waals surface area contributed by atoms with Crippen LogP contribution >= 0.6 is 0 Å². The molecule has 16 rings (SSSR count). The molecule has 1 unspecified atom stereocenters. The smallest absolute Gasteiger partial charge is 0.487 e. The molecule has 1 amide bonds. The molecule has 1 atom stereocenters. The number of amides is 1. The fourth-order valence-corrected chi connectivity index (χ4v) is 14.9. The minimum atomic E-state index is -0.667. The number of Topliss-reactive ketones (excluding diaryl/α,β-unsaturated/α-hetero) is 1. The molecule has 1 fully saturated rings. The van der Waals surface area contributed by atoms with Crippen molar-refractivity contribution >= 4 is 81.8 Å². The standard InChI is InChI=1S/3C12H17BO.C9H14O2.C8H17BO.C8H13N.C7H14BNO.C7H13BO2.C7H12N2O.C7H14N2.C7H12N2.C7H11NO.C6H11N3/c1-12(2,3)10-5-6-11-9(7-10)8-14-13(11)4;1-12(2,3)10-6-5-9-8-14-13(4)11(9)7-10;1-12(2,3)10-6-5-9-8-13(4)14-11(9)7-10;1-9(2,3)8-6(10)4-5-7(8)11;1-8(2,3)7-5-6-9(4)10-7;1-8(2,3)7-5-4-6-9-7;1-7(2,3)6-9-5-8(4)10-6;1-7(2,3)6-4-5-10-8(6)9;1-7(2,3)6-8-4-5(10)9-6;2*1-7(2,3)9-6-4-5-8-9;1-7(2,3)6-8-4-5-9-6;1-6(2,3)5-7-4-8-9-5/h3*5-7H,8H2,1-4H3;10H,4-5H2,1-3H3;7H,5-6H2,1-4H3;4,6H,5H2,1-3H3;5H2,1-4H3;4,9H,5H2,1-3H3;4H2,1-3H3,(H,8,9,10);4-5,8H,6H2,1-3H3;4-6H,1-3H3;4-5H,1-3H3;4H,1-3H3,(H,7,8,9). The lowest BCUT2D eigenvalue weighted by Gasteiger charge is -2.31. The number of ketones is 1. The number of fused-ring (bicyclic) bond motifs is 3. The first kappa shape index (κ1) is 122. The number of nitrogens with one attached hydrogen (secondary N) is 3. The second kappa shape index (κ2) is 51.1. The van der Waals surface area contributed by atoms with Crippen molar-refractivity contribution in [3.8, 4) is 5.75 Å². The summed E-state index contributed by atoms with van der Waals surface area (Å²) < 4.78 is 40.1. The molecular formula is C109H182B6N12O11. The summed E-state index contributed by atoms with van der Waals surface area (Å²) in [5, 5.41) is 34.2. The van der Waals surface area contributed by atoms with Gasteiger partial charge in [-0.15, -0.1) is 0 Å². The molecule has 0 saturated carbocycles. The number of amidine groups is 1. The Morgan fingerprint density at radius 1 is 0.536 bits per heavy atom. The van der Waals surface area contributed by atoms with Crippen molar-refractivity contribution in [3.05, 3.63) is 184 Å². The van der Waals surface area contributed by atoms with Crippen LogP contribution in [-0.2, 0) is 85.0 Å². The van der Waals surface area contributed by atoms with Gasteiger partial charge in [-0.3, -0.25) is 34.3 Å². The maximum atomic E-state index is 11.2. The number of hydrogen-bond donors (Lipinski definition) is 5. The van der Waals surface area contributed by atoms with E-state index in [1.165, 1.54) is 69.1 Å². The molecule has 0 radical (unpaired) electrons. The molecule has 762 valence electrons. The van der Waals surface area contributed by atoms with E-state index < -0.39 is 7.12 Å². The number of carbonyl (C=O) groups is 2. The normalized spacial score (nSPS) is 17.3. The first-order valence-electron chi connectivity index (χ1n) is 50.0. The first-order valence-corrected chi connectivity index (χ1v) is 50.0. The third-order valence-electron chi connectivity index (χ3n) is 23.6. The van der Waals surface area contributed by atoms with Gasteiger partial charge >= 0.3 is 34.8 Å². The van der Waals surface area contributed by atoms with Crippen LogP contribution in [-0.4, -0.2) is 154 Å². The molecule has 0 bridgehead atoms. The Bertz CT molecular complexity index is 4850. The number of H-pyrrole nitrogens is 1. The highest BCUT2D eigenvalue weighted by Crippen LogP contribution is 2.38. The lowest BCUT2D eigenvalue weighted by Crippen LogP contribution is -2.45. The third kappa shape index (κ3) is 42.5. The molecule has 6 aromatic rings. The Kier molecular flexibility index (Phi) is 45.1. The number of benzene rings is 3. The Balaban J connectivity index is 0.000000313. The monoisotopic (exact) mass is 1900 g/mol. The van der Waals surface area contributed by atoms with Crippen LogP contribution in [0.5, 0.6) is 5.75 Å². The number of allylic oxidation sites excluding steroid dienone is 4. The summed E-state index contributed by atoms with van der Waals surface area (Å²) in [7, 11) is -0.667. The topological polar surface area (TPSA) is 280 Å². The molecule has 10 aliphatic rings. The zero-order valence-corrected chi connectivity index (χ0v) is 94.2. The number of aromatic amines is 1. The van der Waals surface area contributed by atoms with Gasteiger partial charge in [-0.25, -0.2) is 15.0 Å². The molecular weight excluding hydrogens is 1720 g/mol. The van der Waals surface area contributed by atoms with Crippen LogP contribution in [0.15, 0.2) is 159 Å². The van der Waals surface area contributed by atoms with Gasteiger partial charge in [0.2, 0.25) is 5.91 Å². The number of oxazole rings is 1. The van der Waals surface area contributed by atoms with Crippen LogP contribution < -0.4 is 26.3 Å². The van der Waals surface area contributed by atoms with Crippen LogP contribution in [0.25, 0.3) is 0 Å². The summed E-state index contributed by atoms with van der Waals surface area (Å²) in [6, 6.07) is 22.0. The zero-order valence-electron chi connectivity index (χ0n) is 94.2. The molecule has 5 N–H and O–H groups in total. The molecule has 12 heterocycles. The Labute approximate surface area is 838 Å². The van der Waals surface area contributed by atoms with Crippen molar-refractivity contribution in [3.63, 3.8) is 0 Å². The zero-order chi connectivity index (χ0) is 105. The summed E-state index contributed by atoms with van der Waals surface area (Å²) in [5.74, 6) is 4.93. The van der Waals surface area contributed by atoms with Crippen molar-refractivity contribution < 1.29 is 52.1 Å². The van der Waals surface area contributed by atoms with E-state index >= 15 is 0 Å². The highest BCUT2D eigenvalue weighted by molar-refractivity contribution is 6.68. The predicted molar refractivity (Wildman–Crippen MR) is 585 cm³/mol. The van der Waals surface area contributed by atoms with E-state index in [-0.39, 0.29) is 97.7 Å². The van der Waals surface area contributed by atoms with Gasteiger partial charge < -0.3 is 53.2 Å². The molecule has 9 aliphatic heterocycles. The van der Waals surface area contributed by atoms with Crippen LogP contribution in [0, 0.1) is 32.5 Å². The third-order valence-corrected chi connectivity index (χ3v) is 23.6. The minimum absolute atomic E-state index is 0.00456. The number of aromatic nitrogens is 6. The van der Waals surface area contributed by atoms with Gasteiger partial charge in [-0.1, -0.05) is 316 Å². The molecule has 23 nitrogen and oxygen atoms in total. The van der Waals surface area contributed by atoms with Crippen molar-refractivity contribution in [1.29, 1.82) is 0 Å². The average Bonchev–Trinajstić information content (AvgIpc) is 1.64. The van der Waals surface area contributed by atoms with E-state index in [0.717, 1.165) is 73.6 Å². The van der Waals surface area contributed by atoms with Crippen LogP contribution in [0.2, 0.25) is 40.4 Å². The average molecular weight is 1900 g/mol. The maximum absolute atomic E-state index is 11.2. The predicted octanol–water partition coefficient (Wildman–Crippen LogP) is 23.8. The molecule has 29 heteroatoms. The molecule has 138 heavy (non-hydrogen) atoms. The van der Waals surface area contributed by atoms with Gasteiger partial charge in [0.25, 0.3) is 6.92 Å². The molecule has 1 saturated heterocycles. The number of hydrogen-bond acceptors (Lipinski definition) is 20. The quantitative estimate of drug-likeness (QED) is 0.0884. The van der Waals surface area contributed by atoms with Crippen molar-refractivity contribution in [2.45, 2.75) is 400 Å². The number of aliphatic hydroxyl groups is 1. The Morgan fingerprint density at radius 2 is 1.12 bits per heavy atom. The second-order valence-electron chi connectivity index (χ2n) is 50.7. The highest BCUT2D eigenvalue weighted by atomic mass is 16.5. The summed E-state index contributed by atoms with van der Waals surface area (Å²) in [5.41, 5.74) is 18.7. The Morgan fingerprint density at radius 3 is 1.44 bits per heavy atom. The fourth-order valence-electron chi connectivity index (χ4n) is 14.9. The molecule has 3 aromatic heterocycles. The summed E-state index contributed by atoms with van der Waals surface area (Å²) in [6.45, 7) is 99.0. The van der Waals surface area contributed by atoms with E-state index in [0.29, 0.717) is 62.7 Å². The summed E-state index contributed by atoms with van der Waals surface area (Å²) in [4.78, 5) is 42.5.